The van der Waals surface area contributed by atoms with Crippen LogP contribution < -0.4 is 0 Å². The van der Waals surface area contributed by atoms with Gasteiger partial charge in [0.25, 0.3) is 5.91 Å². The molecule has 1 aromatic carbocycles. The minimum absolute atomic E-state index is 0.147. The third-order valence-corrected chi connectivity index (χ3v) is 4.32. The van der Waals surface area contributed by atoms with Gasteiger partial charge in [0, 0.05) is 6.42 Å². The highest BCUT2D eigenvalue weighted by Crippen LogP contribution is 2.30. The Kier molecular flexibility index (Phi) is 2.79. The van der Waals surface area contributed by atoms with E-state index in [2.05, 4.69) is 5.10 Å². The van der Waals surface area contributed by atoms with Crippen molar-refractivity contribution in [3.05, 3.63) is 47.8 Å². The number of amides is 1. The molecule has 0 N–H and O–H groups in total. The molecule has 0 spiro atoms. The Morgan fingerprint density at radius 1 is 1.32 bits per heavy atom. The van der Waals surface area contributed by atoms with Gasteiger partial charge in [0.2, 0.25) is 0 Å². The molecule has 2 atom stereocenters. The predicted octanol–water partition coefficient (Wildman–Crippen LogP) is 1.32. The summed E-state index contributed by atoms with van der Waals surface area (Å²) in [5.74, 6) is -0.443. The van der Waals surface area contributed by atoms with Crippen molar-refractivity contribution in [2.24, 2.45) is 0 Å². The van der Waals surface area contributed by atoms with E-state index in [-0.39, 0.29) is 18.0 Å². The van der Waals surface area contributed by atoms with E-state index in [1.54, 1.807) is 15.8 Å². The fourth-order valence-corrected chi connectivity index (χ4v) is 3.18. The van der Waals surface area contributed by atoms with Crippen LogP contribution in [-0.4, -0.2) is 45.2 Å². The maximum atomic E-state index is 12.7. The van der Waals surface area contributed by atoms with Crippen molar-refractivity contribution < 1.29 is 14.3 Å². The van der Waals surface area contributed by atoms with E-state index in [4.69, 9.17) is 4.74 Å². The zero-order chi connectivity index (χ0) is 15.3. The van der Waals surface area contributed by atoms with E-state index >= 15 is 0 Å². The lowest BCUT2D eigenvalue weighted by molar-refractivity contribution is -0.149. The number of rotatable bonds is 2. The largest absolute Gasteiger partial charge is 0.459 e. The molecule has 0 aliphatic carbocycles. The summed E-state index contributed by atoms with van der Waals surface area (Å²) in [7, 11) is 0. The average molecular weight is 297 g/mol. The van der Waals surface area contributed by atoms with Crippen LogP contribution in [0.5, 0.6) is 0 Å². The number of aromatic nitrogens is 2. The molecular formula is C16H15N3O3. The fourth-order valence-electron chi connectivity index (χ4n) is 3.18. The van der Waals surface area contributed by atoms with Gasteiger partial charge in [-0.15, -0.1) is 0 Å². The molecule has 112 valence electrons. The van der Waals surface area contributed by atoms with Gasteiger partial charge in [0.15, 0.2) is 0 Å². The number of benzene rings is 1. The van der Waals surface area contributed by atoms with Crippen molar-refractivity contribution in [2.75, 3.05) is 6.54 Å². The third-order valence-electron chi connectivity index (χ3n) is 4.32. The van der Waals surface area contributed by atoms with Gasteiger partial charge in [-0.25, -0.2) is 9.48 Å². The Morgan fingerprint density at radius 2 is 2.09 bits per heavy atom. The summed E-state index contributed by atoms with van der Waals surface area (Å²) < 4.78 is 6.86. The Morgan fingerprint density at radius 3 is 2.77 bits per heavy atom. The van der Waals surface area contributed by atoms with Crippen molar-refractivity contribution in [3.8, 4) is 5.69 Å². The van der Waals surface area contributed by atoms with Gasteiger partial charge in [0.05, 0.1) is 29.7 Å². The summed E-state index contributed by atoms with van der Waals surface area (Å²) in [6.45, 7) is 2.34. The van der Waals surface area contributed by atoms with Crippen LogP contribution in [0.4, 0.5) is 0 Å². The molecule has 2 aliphatic rings. The van der Waals surface area contributed by atoms with Crippen LogP contribution in [0.1, 0.15) is 22.5 Å². The van der Waals surface area contributed by atoms with Crippen LogP contribution in [0.2, 0.25) is 0 Å². The molecule has 2 bridgehead atoms. The number of esters is 1. The van der Waals surface area contributed by atoms with Crippen LogP contribution in [0.15, 0.2) is 36.5 Å². The number of nitrogens with zero attached hydrogens (tertiary/aromatic N) is 3. The lowest BCUT2D eigenvalue weighted by atomic mass is 10.2. The summed E-state index contributed by atoms with van der Waals surface area (Å²) in [4.78, 5) is 26.0. The molecule has 3 heterocycles. The first kappa shape index (κ1) is 13.1. The lowest BCUT2D eigenvalue weighted by Crippen LogP contribution is -2.44. The minimum atomic E-state index is -0.433. The van der Waals surface area contributed by atoms with Crippen LogP contribution >= 0.6 is 0 Å². The molecule has 2 aromatic rings. The molecule has 6 heteroatoms. The number of hydrogen-bond acceptors (Lipinski definition) is 4. The van der Waals surface area contributed by atoms with Gasteiger partial charge in [0.1, 0.15) is 12.1 Å². The summed E-state index contributed by atoms with van der Waals surface area (Å²) in [5.41, 5.74) is 2.21. The van der Waals surface area contributed by atoms with E-state index in [1.165, 1.54) is 0 Å². The molecule has 0 radical (unpaired) electrons. The zero-order valence-electron chi connectivity index (χ0n) is 12.1. The standard InChI is InChI=1S/C16H15N3O3/c1-10-13(8-17-19(10)11-5-3-2-4-6-11)15(20)18-9-12-7-14(18)16(21)22-12/h2-6,8,12,14H,7,9H2,1H3. The van der Waals surface area contributed by atoms with E-state index in [1.807, 2.05) is 37.3 Å². The summed E-state index contributed by atoms with van der Waals surface area (Å²) >= 11 is 0. The van der Waals surface area contributed by atoms with Gasteiger partial charge in [-0.2, -0.15) is 5.10 Å². The first-order valence-electron chi connectivity index (χ1n) is 7.26. The van der Waals surface area contributed by atoms with E-state index in [0.717, 1.165) is 11.4 Å². The first-order chi connectivity index (χ1) is 10.6. The zero-order valence-corrected chi connectivity index (χ0v) is 12.1. The summed E-state index contributed by atoms with van der Waals surface area (Å²) in [6.07, 6.45) is 2.03. The van der Waals surface area contributed by atoms with E-state index in [9.17, 15) is 9.59 Å². The molecule has 2 saturated heterocycles. The normalized spacial score (nSPS) is 23.0. The molecule has 1 amide bonds. The Hall–Kier alpha value is -2.63. The smallest absolute Gasteiger partial charge is 0.329 e. The number of para-hydroxylation sites is 1. The molecule has 6 nitrogen and oxygen atoms in total. The van der Waals surface area contributed by atoms with Crippen molar-refractivity contribution >= 4 is 11.9 Å². The maximum absolute atomic E-state index is 12.7. The number of fused-ring (bicyclic) bond motifs is 2. The Labute approximate surface area is 127 Å². The lowest BCUT2D eigenvalue weighted by Gasteiger charge is -2.25. The summed E-state index contributed by atoms with van der Waals surface area (Å²) in [5, 5.41) is 4.31. The third kappa shape index (κ3) is 1.83. The van der Waals surface area contributed by atoms with Gasteiger partial charge in [-0.3, -0.25) is 4.79 Å². The average Bonchev–Trinajstić information content (AvgIpc) is 3.21. The van der Waals surface area contributed by atoms with Crippen LogP contribution in [0.25, 0.3) is 5.69 Å². The molecule has 2 aliphatic heterocycles. The van der Waals surface area contributed by atoms with Crippen molar-refractivity contribution in [1.29, 1.82) is 0 Å². The molecule has 1 aromatic heterocycles. The van der Waals surface area contributed by atoms with Crippen molar-refractivity contribution in [2.45, 2.75) is 25.5 Å². The molecule has 0 saturated carbocycles. The second-order valence-corrected chi connectivity index (χ2v) is 5.66. The topological polar surface area (TPSA) is 64.4 Å². The quantitative estimate of drug-likeness (QED) is 0.784. The van der Waals surface area contributed by atoms with Crippen LogP contribution in [0.3, 0.4) is 0 Å². The van der Waals surface area contributed by atoms with Crippen LogP contribution in [0, 0.1) is 6.92 Å². The van der Waals surface area contributed by atoms with Gasteiger partial charge in [-0.05, 0) is 19.1 Å². The highest BCUT2D eigenvalue weighted by molar-refractivity contribution is 5.98. The second-order valence-electron chi connectivity index (χ2n) is 5.66. The van der Waals surface area contributed by atoms with Gasteiger partial charge < -0.3 is 9.64 Å². The first-order valence-corrected chi connectivity index (χ1v) is 7.26. The molecule has 22 heavy (non-hydrogen) atoms. The molecule has 2 unspecified atom stereocenters. The summed E-state index contributed by atoms with van der Waals surface area (Å²) in [6, 6.07) is 9.21. The predicted molar refractivity (Wildman–Crippen MR) is 77.6 cm³/mol. The molecule has 4 rings (SSSR count). The Balaban J connectivity index is 1.65. The SMILES string of the molecule is Cc1c(C(=O)N2CC3CC2C(=O)O3)cnn1-c1ccccc1. The number of ether oxygens (including phenoxy) is 1. The highest BCUT2D eigenvalue weighted by Gasteiger charge is 2.48. The highest BCUT2D eigenvalue weighted by atomic mass is 16.6. The van der Waals surface area contributed by atoms with E-state index in [0.29, 0.717) is 18.5 Å². The Bertz CT molecular complexity index is 753. The number of likely N-dealkylation sites (tertiary alicyclic amines) is 1. The maximum Gasteiger partial charge on any atom is 0.329 e. The number of morpholine rings is 1. The minimum Gasteiger partial charge on any atom is -0.459 e. The number of carbonyl (C=O) groups is 2. The second kappa shape index (κ2) is 4.69. The molecular weight excluding hydrogens is 282 g/mol. The number of carbonyl (C=O) groups excluding carboxylic acids is 2. The monoisotopic (exact) mass is 297 g/mol. The molecule has 2 fully saturated rings. The van der Waals surface area contributed by atoms with Crippen molar-refractivity contribution in [3.63, 3.8) is 0 Å². The van der Waals surface area contributed by atoms with Gasteiger partial charge >= 0.3 is 5.97 Å². The van der Waals surface area contributed by atoms with Gasteiger partial charge in [-0.1, -0.05) is 18.2 Å². The van der Waals surface area contributed by atoms with E-state index < -0.39 is 6.04 Å². The van der Waals surface area contributed by atoms with Crippen LogP contribution in [-0.2, 0) is 9.53 Å². The fraction of sp³-hybridized carbons (Fsp3) is 0.312. The number of hydrogen-bond donors (Lipinski definition) is 0. The van der Waals surface area contributed by atoms with Crippen molar-refractivity contribution in [1.82, 2.24) is 14.7 Å².